The summed E-state index contributed by atoms with van der Waals surface area (Å²) in [7, 11) is 0. The fraction of sp³-hybridized carbons (Fsp3) is 0.412. The summed E-state index contributed by atoms with van der Waals surface area (Å²) in [5, 5.41) is 1.09. The summed E-state index contributed by atoms with van der Waals surface area (Å²) in [5.41, 5.74) is 2.09. The molecule has 0 bridgehead atoms. The minimum atomic E-state index is -0.679. The summed E-state index contributed by atoms with van der Waals surface area (Å²) < 4.78 is 11.7. The molecule has 1 aliphatic heterocycles. The van der Waals surface area contributed by atoms with Gasteiger partial charge in [-0.2, -0.15) is 0 Å². The Morgan fingerprint density at radius 2 is 2.10 bits per heavy atom. The van der Waals surface area contributed by atoms with Crippen LogP contribution in [-0.2, 0) is 14.3 Å². The van der Waals surface area contributed by atoms with Crippen LogP contribution >= 0.6 is 0 Å². The number of carbonyl (C=O) groups is 1. The molecule has 0 N–H and O–H groups in total. The van der Waals surface area contributed by atoms with Crippen molar-refractivity contribution in [2.24, 2.45) is 0 Å². The van der Waals surface area contributed by atoms with Gasteiger partial charge in [0, 0.05) is 23.9 Å². The number of hydrogen-bond acceptors (Lipinski definition) is 4. The van der Waals surface area contributed by atoms with E-state index in [4.69, 9.17) is 9.47 Å². The Hall–Kier alpha value is -1.78. The molecule has 0 amide bonds. The van der Waals surface area contributed by atoms with Crippen LogP contribution in [0.3, 0.4) is 0 Å². The van der Waals surface area contributed by atoms with E-state index in [-0.39, 0.29) is 17.8 Å². The van der Waals surface area contributed by atoms with Crippen molar-refractivity contribution in [3.05, 3.63) is 42.1 Å². The molecule has 1 aromatic carbocycles. The minimum Gasteiger partial charge on any atom is -0.343 e. The third kappa shape index (κ3) is 2.06. The maximum absolute atomic E-state index is 12.2. The van der Waals surface area contributed by atoms with Crippen molar-refractivity contribution in [3.8, 4) is 0 Å². The number of hydrogen-bond donors (Lipinski definition) is 0. The van der Waals surface area contributed by atoms with Crippen LogP contribution in [0.25, 0.3) is 10.9 Å². The van der Waals surface area contributed by atoms with Gasteiger partial charge in [0.1, 0.15) is 12.2 Å². The number of nitrogens with zero attached hydrogens (tertiary/aromatic N) is 1. The van der Waals surface area contributed by atoms with E-state index < -0.39 is 11.9 Å². The molecule has 3 atom stereocenters. The molecule has 0 unspecified atom stereocenters. The van der Waals surface area contributed by atoms with E-state index in [1.807, 2.05) is 38.1 Å². The summed E-state index contributed by atoms with van der Waals surface area (Å²) in [6.45, 7) is 3.72. The number of benzene rings is 1. The zero-order chi connectivity index (χ0) is 14.6. The second-order valence-corrected chi connectivity index (χ2v) is 6.25. The molecule has 2 aliphatic rings. The number of Topliss-reactive ketones (excluding diaryl/α,β-unsaturated/α-hetero) is 1. The Morgan fingerprint density at radius 1 is 1.24 bits per heavy atom. The molecular formula is C17H17NO3. The smallest absolute Gasteiger partial charge is 0.165 e. The van der Waals surface area contributed by atoms with E-state index >= 15 is 0 Å². The highest BCUT2D eigenvalue weighted by Crippen LogP contribution is 2.44. The number of pyridine rings is 1. The zero-order valence-electron chi connectivity index (χ0n) is 12.1. The maximum Gasteiger partial charge on any atom is 0.165 e. The second-order valence-electron chi connectivity index (χ2n) is 6.25. The second kappa shape index (κ2) is 4.36. The van der Waals surface area contributed by atoms with E-state index in [2.05, 4.69) is 11.1 Å². The van der Waals surface area contributed by atoms with E-state index in [1.54, 1.807) is 6.20 Å². The Balaban J connectivity index is 1.73. The van der Waals surface area contributed by atoms with Gasteiger partial charge in [0.15, 0.2) is 11.6 Å². The molecule has 1 saturated heterocycles. The number of ketones is 1. The van der Waals surface area contributed by atoms with Gasteiger partial charge >= 0.3 is 0 Å². The summed E-state index contributed by atoms with van der Waals surface area (Å²) in [6, 6.07) is 10.1. The highest BCUT2D eigenvalue weighted by atomic mass is 16.8. The molecule has 4 rings (SSSR count). The summed E-state index contributed by atoms with van der Waals surface area (Å²) in [6.07, 6.45) is 1.67. The molecule has 2 fully saturated rings. The molecule has 108 valence electrons. The van der Waals surface area contributed by atoms with Crippen LogP contribution in [0.1, 0.15) is 31.7 Å². The summed E-state index contributed by atoms with van der Waals surface area (Å²) >= 11 is 0. The molecule has 0 radical (unpaired) electrons. The minimum absolute atomic E-state index is 0.0638. The van der Waals surface area contributed by atoms with Crippen molar-refractivity contribution in [1.29, 1.82) is 0 Å². The number of aromatic nitrogens is 1. The number of ether oxygens (including phenoxy) is 2. The molecule has 2 aromatic rings. The third-order valence-corrected chi connectivity index (χ3v) is 4.32. The van der Waals surface area contributed by atoms with E-state index in [9.17, 15) is 4.79 Å². The van der Waals surface area contributed by atoms with Crippen molar-refractivity contribution in [2.45, 2.75) is 44.2 Å². The fourth-order valence-electron chi connectivity index (χ4n) is 3.41. The van der Waals surface area contributed by atoms with Crippen LogP contribution in [0.4, 0.5) is 0 Å². The van der Waals surface area contributed by atoms with Crippen molar-refractivity contribution in [3.63, 3.8) is 0 Å². The Labute approximate surface area is 123 Å². The number of carbonyl (C=O) groups excluding carboxylic acids is 1. The highest BCUT2D eigenvalue weighted by molar-refractivity contribution is 5.88. The van der Waals surface area contributed by atoms with Crippen molar-refractivity contribution in [1.82, 2.24) is 4.98 Å². The van der Waals surface area contributed by atoms with Gasteiger partial charge in [-0.15, -0.1) is 0 Å². The van der Waals surface area contributed by atoms with Crippen molar-refractivity contribution in [2.75, 3.05) is 0 Å². The average Bonchev–Trinajstić information content (AvgIpc) is 2.93. The molecule has 2 heterocycles. The van der Waals surface area contributed by atoms with Gasteiger partial charge in [-0.25, -0.2) is 0 Å². The van der Waals surface area contributed by atoms with Gasteiger partial charge in [0.05, 0.1) is 5.52 Å². The Morgan fingerprint density at radius 3 is 2.95 bits per heavy atom. The molecular weight excluding hydrogens is 266 g/mol. The first-order chi connectivity index (χ1) is 10.0. The van der Waals surface area contributed by atoms with Crippen molar-refractivity contribution < 1.29 is 14.3 Å². The number of rotatable bonds is 1. The van der Waals surface area contributed by atoms with Crippen molar-refractivity contribution >= 4 is 16.7 Å². The predicted octanol–water partition coefficient (Wildman–Crippen LogP) is 2.81. The zero-order valence-corrected chi connectivity index (χ0v) is 12.1. The predicted molar refractivity (Wildman–Crippen MR) is 77.9 cm³/mol. The van der Waals surface area contributed by atoms with E-state index in [1.165, 1.54) is 0 Å². The first-order valence-corrected chi connectivity index (χ1v) is 7.26. The van der Waals surface area contributed by atoms with Gasteiger partial charge in [0.2, 0.25) is 0 Å². The van der Waals surface area contributed by atoms with Gasteiger partial charge in [-0.3, -0.25) is 9.78 Å². The molecule has 0 spiro atoms. The lowest BCUT2D eigenvalue weighted by atomic mass is 9.94. The van der Waals surface area contributed by atoms with Crippen LogP contribution in [0.5, 0.6) is 0 Å². The van der Waals surface area contributed by atoms with Gasteiger partial charge < -0.3 is 9.47 Å². The highest BCUT2D eigenvalue weighted by Gasteiger charge is 2.53. The van der Waals surface area contributed by atoms with Crippen LogP contribution in [-0.4, -0.2) is 28.8 Å². The molecule has 1 saturated carbocycles. The van der Waals surface area contributed by atoms with E-state index in [0.29, 0.717) is 6.42 Å². The first-order valence-electron chi connectivity index (χ1n) is 7.26. The molecule has 1 aliphatic carbocycles. The topological polar surface area (TPSA) is 48.4 Å². The number of fused-ring (bicyclic) bond motifs is 2. The van der Waals surface area contributed by atoms with Gasteiger partial charge in [-0.1, -0.05) is 12.1 Å². The monoisotopic (exact) mass is 283 g/mol. The molecule has 4 heteroatoms. The largest absolute Gasteiger partial charge is 0.343 e. The lowest BCUT2D eigenvalue weighted by molar-refractivity contribution is -0.160. The SMILES string of the molecule is CC1(C)O[C@@H]2[C@@H](c3ccc4ncccc4c3)CC(=O)[C@@H]2O1. The fourth-order valence-corrected chi connectivity index (χ4v) is 3.41. The van der Waals surface area contributed by atoms with Gasteiger partial charge in [-0.05, 0) is 37.6 Å². The summed E-state index contributed by atoms with van der Waals surface area (Å²) in [4.78, 5) is 16.5. The maximum atomic E-state index is 12.2. The lowest BCUT2D eigenvalue weighted by Crippen LogP contribution is -2.25. The Bertz CT molecular complexity index is 725. The quantitative estimate of drug-likeness (QED) is 0.807. The van der Waals surface area contributed by atoms with Crippen LogP contribution in [0.2, 0.25) is 0 Å². The summed E-state index contributed by atoms with van der Waals surface area (Å²) in [5.74, 6) is -0.474. The first kappa shape index (κ1) is 12.9. The van der Waals surface area contributed by atoms with Gasteiger partial charge in [0.25, 0.3) is 0 Å². The molecule has 21 heavy (non-hydrogen) atoms. The van der Waals surface area contributed by atoms with E-state index in [0.717, 1.165) is 16.5 Å². The normalized spacial score (nSPS) is 30.8. The average molecular weight is 283 g/mol. The van der Waals surface area contributed by atoms with Crippen LogP contribution in [0, 0.1) is 0 Å². The standard InChI is InChI=1S/C17H17NO3/c1-17(2)20-15-12(9-14(19)16(15)21-17)10-5-6-13-11(8-10)4-3-7-18-13/h3-8,12,15-16H,9H2,1-2H3/t12-,15-,16+/m1/s1. The van der Waals surface area contributed by atoms with Crippen LogP contribution < -0.4 is 0 Å². The molecule has 4 nitrogen and oxygen atoms in total. The van der Waals surface area contributed by atoms with Crippen LogP contribution in [0.15, 0.2) is 36.5 Å². The Kier molecular flexibility index (Phi) is 2.68. The lowest BCUT2D eigenvalue weighted by Gasteiger charge is -2.21. The molecule has 1 aromatic heterocycles. The third-order valence-electron chi connectivity index (χ3n) is 4.32.